The molecule has 0 unspecified atom stereocenters. The van der Waals surface area contributed by atoms with Gasteiger partial charge in [-0.3, -0.25) is 0 Å². The van der Waals surface area contributed by atoms with E-state index in [4.69, 9.17) is 16.9 Å². The Morgan fingerprint density at radius 3 is 2.37 bits per heavy atom. The summed E-state index contributed by atoms with van der Waals surface area (Å²) in [7, 11) is -2.00. The lowest BCUT2D eigenvalue weighted by Gasteiger charge is -2.25. The predicted molar refractivity (Wildman–Crippen MR) is 75.5 cm³/mol. The topological polar surface area (TPSA) is 61.2 Å². The molecule has 0 atom stereocenters. The number of benzene rings is 1. The Balaban J connectivity index is 3.21. The number of nitrogens with zero attached hydrogens (tertiary/aromatic N) is 2. The van der Waals surface area contributed by atoms with E-state index in [1.54, 1.807) is 7.05 Å². The van der Waals surface area contributed by atoms with Crippen molar-refractivity contribution in [2.45, 2.75) is 37.6 Å². The summed E-state index contributed by atoms with van der Waals surface area (Å²) in [5.41, 5.74) is 0.269. The Hall–Kier alpha value is -1.09. The van der Waals surface area contributed by atoms with Crippen LogP contribution >= 0.6 is 11.6 Å². The summed E-state index contributed by atoms with van der Waals surface area (Å²) >= 11 is 5.88. The van der Waals surface area contributed by atoms with Crippen molar-refractivity contribution in [1.29, 1.82) is 5.26 Å². The monoisotopic (exact) mass is 300 g/mol. The molecular weight excluding hydrogens is 284 g/mol. The number of sulfonamides is 1. The predicted octanol–water partition coefficient (Wildman–Crippen LogP) is 3.02. The summed E-state index contributed by atoms with van der Waals surface area (Å²) < 4.78 is 26.2. The largest absolute Gasteiger partial charge is 0.243 e. The van der Waals surface area contributed by atoms with Crippen LogP contribution in [0.25, 0.3) is 0 Å². The van der Waals surface area contributed by atoms with Gasteiger partial charge in [0.05, 0.1) is 15.5 Å². The van der Waals surface area contributed by atoms with E-state index in [1.807, 2.05) is 19.9 Å². The highest BCUT2D eigenvalue weighted by atomic mass is 35.5. The first-order chi connectivity index (χ1) is 8.88. The summed E-state index contributed by atoms with van der Waals surface area (Å²) in [4.78, 5) is 0.117. The first kappa shape index (κ1) is 16.0. The normalized spacial score (nSPS) is 11.8. The summed E-state index contributed by atoms with van der Waals surface area (Å²) in [6, 6.07) is 6.04. The zero-order chi connectivity index (χ0) is 14.6. The highest BCUT2D eigenvalue weighted by molar-refractivity contribution is 7.89. The minimum atomic E-state index is -3.57. The molecule has 0 N–H and O–H groups in total. The lowest BCUT2D eigenvalue weighted by molar-refractivity contribution is 0.349. The average molecular weight is 301 g/mol. The number of hydrogen-bond donors (Lipinski definition) is 0. The minimum Gasteiger partial charge on any atom is -0.207 e. The smallest absolute Gasteiger partial charge is 0.207 e. The third-order valence-corrected chi connectivity index (χ3v) is 5.41. The van der Waals surface area contributed by atoms with Crippen LogP contribution in [-0.2, 0) is 10.0 Å². The first-order valence-electron chi connectivity index (χ1n) is 6.06. The van der Waals surface area contributed by atoms with Crippen LogP contribution in [0.3, 0.4) is 0 Å². The molecule has 0 bridgehead atoms. The van der Waals surface area contributed by atoms with Crippen LogP contribution in [0.1, 0.15) is 32.3 Å². The second kappa shape index (κ2) is 6.38. The molecular formula is C13H17ClN2O2S. The van der Waals surface area contributed by atoms with Crippen LogP contribution in [0, 0.1) is 11.3 Å². The fourth-order valence-corrected chi connectivity index (χ4v) is 3.73. The summed E-state index contributed by atoms with van der Waals surface area (Å²) in [5, 5.41) is 8.95. The molecule has 0 aromatic heterocycles. The van der Waals surface area contributed by atoms with Crippen molar-refractivity contribution >= 4 is 21.6 Å². The van der Waals surface area contributed by atoms with Gasteiger partial charge in [-0.2, -0.15) is 9.57 Å². The molecule has 0 amide bonds. The van der Waals surface area contributed by atoms with Crippen molar-refractivity contribution in [2.75, 3.05) is 7.05 Å². The van der Waals surface area contributed by atoms with Gasteiger partial charge in [-0.05, 0) is 31.0 Å². The Kier molecular flexibility index (Phi) is 5.36. The highest BCUT2D eigenvalue weighted by Gasteiger charge is 2.26. The molecule has 0 aliphatic heterocycles. The molecule has 0 heterocycles. The molecule has 4 nitrogen and oxygen atoms in total. The maximum absolute atomic E-state index is 12.4. The number of halogens is 1. The molecule has 6 heteroatoms. The molecule has 1 aromatic carbocycles. The van der Waals surface area contributed by atoms with Crippen molar-refractivity contribution < 1.29 is 8.42 Å². The lowest BCUT2D eigenvalue weighted by atomic mass is 10.2. The van der Waals surface area contributed by atoms with Crippen molar-refractivity contribution in [1.82, 2.24) is 4.31 Å². The van der Waals surface area contributed by atoms with Crippen molar-refractivity contribution in [3.8, 4) is 6.07 Å². The van der Waals surface area contributed by atoms with E-state index in [-0.39, 0.29) is 21.5 Å². The van der Waals surface area contributed by atoms with Gasteiger partial charge in [-0.1, -0.05) is 25.4 Å². The zero-order valence-corrected chi connectivity index (χ0v) is 12.8. The fourth-order valence-electron chi connectivity index (χ4n) is 1.91. The molecule has 0 radical (unpaired) electrons. The third kappa shape index (κ3) is 3.27. The molecule has 1 rings (SSSR count). The molecule has 0 saturated carbocycles. The van der Waals surface area contributed by atoms with Crippen molar-refractivity contribution in [3.63, 3.8) is 0 Å². The van der Waals surface area contributed by atoms with Crippen molar-refractivity contribution in [2.24, 2.45) is 0 Å². The maximum atomic E-state index is 12.4. The maximum Gasteiger partial charge on any atom is 0.243 e. The van der Waals surface area contributed by atoms with Gasteiger partial charge >= 0.3 is 0 Å². The Morgan fingerprint density at radius 1 is 1.37 bits per heavy atom. The summed E-state index contributed by atoms with van der Waals surface area (Å²) in [6.45, 7) is 3.90. The Morgan fingerprint density at radius 2 is 1.95 bits per heavy atom. The lowest BCUT2D eigenvalue weighted by Crippen LogP contribution is -2.36. The molecule has 1 aromatic rings. The molecule has 0 saturated heterocycles. The van der Waals surface area contributed by atoms with E-state index in [2.05, 4.69) is 0 Å². The van der Waals surface area contributed by atoms with Crippen LogP contribution in [-0.4, -0.2) is 25.8 Å². The van der Waals surface area contributed by atoms with Gasteiger partial charge in [0.25, 0.3) is 0 Å². The van der Waals surface area contributed by atoms with E-state index >= 15 is 0 Å². The number of nitriles is 1. The number of hydrogen-bond acceptors (Lipinski definition) is 3. The van der Waals surface area contributed by atoms with E-state index in [0.717, 1.165) is 12.8 Å². The summed E-state index contributed by atoms with van der Waals surface area (Å²) in [6.07, 6.45) is 1.49. The second-order valence-electron chi connectivity index (χ2n) is 4.25. The Labute approximate surface area is 119 Å². The third-order valence-electron chi connectivity index (χ3n) is 3.19. The van der Waals surface area contributed by atoms with Crippen LogP contribution in [0.2, 0.25) is 5.02 Å². The molecule has 104 valence electrons. The quantitative estimate of drug-likeness (QED) is 0.839. The van der Waals surface area contributed by atoms with E-state index < -0.39 is 10.0 Å². The molecule has 0 aliphatic carbocycles. The van der Waals surface area contributed by atoms with Gasteiger partial charge in [0.15, 0.2) is 0 Å². The average Bonchev–Trinajstić information content (AvgIpc) is 2.39. The van der Waals surface area contributed by atoms with Crippen LogP contribution in [0.4, 0.5) is 0 Å². The van der Waals surface area contributed by atoms with Gasteiger partial charge in [-0.15, -0.1) is 0 Å². The van der Waals surface area contributed by atoms with Crippen LogP contribution in [0.5, 0.6) is 0 Å². The SMILES string of the molecule is CCC(CC)N(C)S(=O)(=O)c1ccc(C#N)c(Cl)c1. The van der Waals surface area contributed by atoms with E-state index in [1.165, 1.54) is 22.5 Å². The summed E-state index contributed by atoms with van der Waals surface area (Å²) in [5.74, 6) is 0. The molecule has 0 spiro atoms. The van der Waals surface area contributed by atoms with E-state index in [9.17, 15) is 8.42 Å². The Bertz CT molecular complexity index is 589. The second-order valence-corrected chi connectivity index (χ2v) is 6.65. The van der Waals surface area contributed by atoms with Gasteiger partial charge in [0.1, 0.15) is 6.07 Å². The van der Waals surface area contributed by atoms with Crippen LogP contribution < -0.4 is 0 Å². The van der Waals surface area contributed by atoms with Gasteiger partial charge in [-0.25, -0.2) is 8.42 Å². The highest BCUT2D eigenvalue weighted by Crippen LogP contribution is 2.24. The molecule has 0 aliphatic rings. The number of rotatable bonds is 5. The van der Waals surface area contributed by atoms with Gasteiger partial charge in [0.2, 0.25) is 10.0 Å². The standard InChI is InChI=1S/C13H17ClN2O2S/c1-4-11(5-2)16(3)19(17,18)12-7-6-10(9-15)13(14)8-12/h6-8,11H,4-5H2,1-3H3. The van der Waals surface area contributed by atoms with E-state index in [0.29, 0.717) is 0 Å². The first-order valence-corrected chi connectivity index (χ1v) is 7.87. The zero-order valence-electron chi connectivity index (χ0n) is 11.2. The molecule has 0 fully saturated rings. The van der Waals surface area contributed by atoms with Gasteiger partial charge in [0, 0.05) is 13.1 Å². The van der Waals surface area contributed by atoms with Gasteiger partial charge < -0.3 is 0 Å². The van der Waals surface area contributed by atoms with Crippen molar-refractivity contribution in [3.05, 3.63) is 28.8 Å². The fraction of sp³-hybridized carbons (Fsp3) is 0.462. The molecule has 19 heavy (non-hydrogen) atoms. The van der Waals surface area contributed by atoms with Crippen LogP contribution in [0.15, 0.2) is 23.1 Å². The minimum absolute atomic E-state index is 0.0422.